The molecule has 1 atom stereocenters. The van der Waals surface area contributed by atoms with E-state index in [0.29, 0.717) is 11.6 Å². The summed E-state index contributed by atoms with van der Waals surface area (Å²) in [5.74, 6) is 0.757. The number of ether oxygens (including phenoxy) is 1. The molecule has 3 nitrogen and oxygen atoms in total. The van der Waals surface area contributed by atoms with Crippen molar-refractivity contribution in [2.45, 2.75) is 38.8 Å². The quantitative estimate of drug-likeness (QED) is 0.896. The predicted molar refractivity (Wildman–Crippen MR) is 74.8 cm³/mol. The van der Waals surface area contributed by atoms with E-state index in [1.165, 1.54) is 0 Å². The van der Waals surface area contributed by atoms with Gasteiger partial charge in [0.15, 0.2) is 0 Å². The summed E-state index contributed by atoms with van der Waals surface area (Å²) in [6.07, 6.45) is 0.471. The zero-order valence-electron chi connectivity index (χ0n) is 11.3. The van der Waals surface area contributed by atoms with E-state index in [-0.39, 0.29) is 11.6 Å². The fourth-order valence-electron chi connectivity index (χ4n) is 2.66. The lowest BCUT2D eigenvalue weighted by atomic mass is 10.0. The maximum atomic E-state index is 9.88. The van der Waals surface area contributed by atoms with Crippen molar-refractivity contribution in [3.8, 4) is 5.75 Å². The van der Waals surface area contributed by atoms with Crippen molar-refractivity contribution in [1.29, 1.82) is 0 Å². The lowest BCUT2D eigenvalue weighted by Crippen LogP contribution is -2.38. The number of rotatable bonds is 2. The number of aryl methyl sites for hydroxylation is 1. The van der Waals surface area contributed by atoms with Crippen LogP contribution in [0.15, 0.2) is 12.1 Å². The molecule has 1 unspecified atom stereocenters. The molecular weight excluding hydrogens is 250 g/mol. The molecule has 1 aromatic carbocycles. The molecule has 1 aliphatic rings. The Morgan fingerprint density at radius 2 is 2.11 bits per heavy atom. The fourth-order valence-corrected chi connectivity index (χ4v) is 2.81. The molecule has 1 saturated heterocycles. The fraction of sp³-hybridized carbons (Fsp3) is 0.571. The molecule has 0 amide bonds. The number of anilines is 1. The average Bonchev–Trinajstić information content (AvgIpc) is 2.55. The van der Waals surface area contributed by atoms with Gasteiger partial charge in [-0.25, -0.2) is 0 Å². The van der Waals surface area contributed by atoms with Crippen LogP contribution >= 0.6 is 11.6 Å². The van der Waals surface area contributed by atoms with Gasteiger partial charge in [-0.2, -0.15) is 0 Å². The van der Waals surface area contributed by atoms with Crippen LogP contribution in [0.4, 0.5) is 5.69 Å². The minimum Gasteiger partial charge on any atom is -0.495 e. The van der Waals surface area contributed by atoms with Crippen LogP contribution < -0.4 is 9.64 Å². The van der Waals surface area contributed by atoms with Crippen LogP contribution in [0.5, 0.6) is 5.75 Å². The van der Waals surface area contributed by atoms with Gasteiger partial charge in [0.1, 0.15) is 5.75 Å². The van der Waals surface area contributed by atoms with Crippen LogP contribution in [-0.4, -0.2) is 30.4 Å². The number of nitrogens with zero attached hydrogens (tertiary/aromatic N) is 1. The highest BCUT2D eigenvalue weighted by atomic mass is 35.5. The smallest absolute Gasteiger partial charge is 0.143 e. The van der Waals surface area contributed by atoms with Gasteiger partial charge in [0, 0.05) is 23.2 Å². The summed E-state index contributed by atoms with van der Waals surface area (Å²) >= 11 is 6.12. The monoisotopic (exact) mass is 269 g/mol. The largest absolute Gasteiger partial charge is 0.495 e. The Kier molecular flexibility index (Phi) is 3.47. The highest BCUT2D eigenvalue weighted by molar-refractivity contribution is 6.31. The van der Waals surface area contributed by atoms with Crippen LogP contribution in [0.1, 0.15) is 25.8 Å². The molecule has 0 saturated carbocycles. The third kappa shape index (κ3) is 2.29. The van der Waals surface area contributed by atoms with Crippen molar-refractivity contribution in [2.24, 2.45) is 0 Å². The number of aliphatic hydroxyl groups excluding tert-OH is 1. The predicted octanol–water partition coefficient (Wildman–Crippen LogP) is 3.01. The molecule has 1 aromatic rings. The summed E-state index contributed by atoms with van der Waals surface area (Å²) < 4.78 is 5.41. The second-order valence-corrected chi connectivity index (χ2v) is 5.96. The molecule has 0 spiro atoms. The van der Waals surface area contributed by atoms with E-state index in [1.807, 2.05) is 19.1 Å². The normalized spacial score (nSPS) is 22.3. The molecule has 1 heterocycles. The Labute approximate surface area is 113 Å². The van der Waals surface area contributed by atoms with Crippen LogP contribution in [0, 0.1) is 6.92 Å². The molecule has 0 radical (unpaired) electrons. The van der Waals surface area contributed by atoms with Gasteiger partial charge in [-0.15, -0.1) is 0 Å². The first-order valence-electron chi connectivity index (χ1n) is 6.15. The number of benzene rings is 1. The lowest BCUT2D eigenvalue weighted by Gasteiger charge is -2.34. The molecule has 2 rings (SSSR count). The van der Waals surface area contributed by atoms with E-state index in [4.69, 9.17) is 16.3 Å². The highest BCUT2D eigenvalue weighted by Crippen LogP contribution is 2.41. The first-order chi connectivity index (χ1) is 8.35. The topological polar surface area (TPSA) is 32.7 Å². The second kappa shape index (κ2) is 4.63. The minimum absolute atomic E-state index is 0.0764. The SMILES string of the molecule is COc1cc(Cl)c(C)cc1N1CC(O)CC1(C)C. The summed E-state index contributed by atoms with van der Waals surface area (Å²) in [4.78, 5) is 2.19. The number of hydrogen-bond acceptors (Lipinski definition) is 3. The van der Waals surface area contributed by atoms with Crippen LogP contribution in [0.3, 0.4) is 0 Å². The van der Waals surface area contributed by atoms with Gasteiger partial charge in [-0.1, -0.05) is 11.6 Å². The average molecular weight is 270 g/mol. The van der Waals surface area contributed by atoms with Crippen molar-refractivity contribution in [3.63, 3.8) is 0 Å². The molecule has 18 heavy (non-hydrogen) atoms. The van der Waals surface area contributed by atoms with E-state index >= 15 is 0 Å². The maximum Gasteiger partial charge on any atom is 0.143 e. The summed E-state index contributed by atoms with van der Waals surface area (Å²) in [5, 5.41) is 10.6. The number of β-amino-alcohol motifs (C(OH)–C–C–N with tert-alkyl or cyclic N) is 1. The molecule has 0 aliphatic carbocycles. The van der Waals surface area contributed by atoms with Gasteiger partial charge in [0.2, 0.25) is 0 Å². The van der Waals surface area contributed by atoms with Crippen molar-refractivity contribution >= 4 is 17.3 Å². The molecule has 1 aliphatic heterocycles. The van der Waals surface area contributed by atoms with Crippen molar-refractivity contribution < 1.29 is 9.84 Å². The van der Waals surface area contributed by atoms with E-state index in [1.54, 1.807) is 7.11 Å². The van der Waals surface area contributed by atoms with Crippen molar-refractivity contribution in [3.05, 3.63) is 22.7 Å². The molecule has 1 fully saturated rings. The van der Waals surface area contributed by atoms with Gasteiger partial charge in [-0.05, 0) is 38.8 Å². The molecule has 1 N–H and O–H groups in total. The van der Waals surface area contributed by atoms with Gasteiger partial charge in [0.05, 0.1) is 18.9 Å². The Bertz CT molecular complexity index is 459. The van der Waals surface area contributed by atoms with Gasteiger partial charge in [-0.3, -0.25) is 0 Å². The number of halogens is 1. The van der Waals surface area contributed by atoms with E-state index in [0.717, 1.165) is 23.4 Å². The first kappa shape index (κ1) is 13.5. The van der Waals surface area contributed by atoms with Crippen LogP contribution in [0.25, 0.3) is 0 Å². The molecule has 0 bridgehead atoms. The van der Waals surface area contributed by atoms with Gasteiger partial charge in [0.25, 0.3) is 0 Å². The van der Waals surface area contributed by atoms with Crippen LogP contribution in [0.2, 0.25) is 5.02 Å². The molecule has 100 valence electrons. The lowest BCUT2D eigenvalue weighted by molar-refractivity contribution is 0.188. The number of aliphatic hydroxyl groups is 1. The zero-order valence-corrected chi connectivity index (χ0v) is 12.1. The highest BCUT2D eigenvalue weighted by Gasteiger charge is 2.38. The summed E-state index contributed by atoms with van der Waals surface area (Å²) in [5.41, 5.74) is 1.94. The summed E-state index contributed by atoms with van der Waals surface area (Å²) in [6, 6.07) is 3.87. The second-order valence-electron chi connectivity index (χ2n) is 5.55. The minimum atomic E-state index is -0.291. The van der Waals surface area contributed by atoms with Crippen LogP contribution in [-0.2, 0) is 0 Å². The Hall–Kier alpha value is -0.930. The number of hydrogen-bond donors (Lipinski definition) is 1. The standard InChI is InChI=1S/C14H20ClNO2/c1-9-5-12(13(18-4)6-11(9)15)16-8-10(17)7-14(16,2)3/h5-6,10,17H,7-8H2,1-4H3. The van der Waals surface area contributed by atoms with Gasteiger partial charge >= 0.3 is 0 Å². The van der Waals surface area contributed by atoms with Crippen molar-refractivity contribution in [2.75, 3.05) is 18.6 Å². The third-order valence-corrected chi connectivity index (χ3v) is 4.02. The molecular formula is C14H20ClNO2. The summed E-state index contributed by atoms with van der Waals surface area (Å²) in [6.45, 7) is 6.87. The third-order valence-electron chi connectivity index (χ3n) is 3.61. The van der Waals surface area contributed by atoms with Crippen molar-refractivity contribution in [1.82, 2.24) is 0 Å². The van der Waals surface area contributed by atoms with Gasteiger partial charge < -0.3 is 14.7 Å². The summed E-state index contributed by atoms with van der Waals surface area (Å²) in [7, 11) is 1.64. The zero-order chi connectivity index (χ0) is 13.5. The first-order valence-corrected chi connectivity index (χ1v) is 6.53. The Morgan fingerprint density at radius 3 is 2.61 bits per heavy atom. The van der Waals surface area contributed by atoms with E-state index < -0.39 is 0 Å². The Balaban J connectivity index is 2.47. The molecule has 4 heteroatoms. The molecule has 0 aromatic heterocycles. The Morgan fingerprint density at radius 1 is 1.44 bits per heavy atom. The van der Waals surface area contributed by atoms with E-state index in [2.05, 4.69) is 18.7 Å². The maximum absolute atomic E-state index is 9.88. The van der Waals surface area contributed by atoms with E-state index in [9.17, 15) is 5.11 Å². The number of methoxy groups -OCH3 is 1.